The van der Waals surface area contributed by atoms with Gasteiger partial charge in [-0.05, 0) is 35.1 Å². The van der Waals surface area contributed by atoms with Crippen LogP contribution in [0.1, 0.15) is 36.6 Å². The van der Waals surface area contributed by atoms with Gasteiger partial charge in [-0.1, -0.05) is 38.1 Å². The first kappa shape index (κ1) is 18.9. The Labute approximate surface area is 159 Å². The highest BCUT2D eigenvalue weighted by Gasteiger charge is 2.33. The maximum absolute atomic E-state index is 12.4. The second-order valence-electron chi connectivity index (χ2n) is 7.14. The third-order valence-electron chi connectivity index (χ3n) is 4.77. The maximum atomic E-state index is 12.4. The Morgan fingerprint density at radius 2 is 2.00 bits per heavy atom. The Balaban J connectivity index is 1.56. The molecular formula is C21H24N4O2. The number of nitrogens with one attached hydrogen (secondary N) is 1. The van der Waals surface area contributed by atoms with Crippen molar-refractivity contribution in [2.75, 3.05) is 18.0 Å². The summed E-state index contributed by atoms with van der Waals surface area (Å²) in [6, 6.07) is 11.2. The predicted octanol–water partition coefficient (Wildman–Crippen LogP) is 1.49. The average Bonchev–Trinajstić information content (AvgIpc) is 3.02. The van der Waals surface area contributed by atoms with Gasteiger partial charge < -0.3 is 15.3 Å². The van der Waals surface area contributed by atoms with Gasteiger partial charge in [-0.25, -0.2) is 0 Å². The zero-order valence-corrected chi connectivity index (χ0v) is 15.6. The van der Waals surface area contributed by atoms with E-state index < -0.39 is 6.10 Å². The van der Waals surface area contributed by atoms with Gasteiger partial charge in [0.2, 0.25) is 5.91 Å². The van der Waals surface area contributed by atoms with E-state index in [0.29, 0.717) is 30.5 Å². The smallest absolute Gasteiger partial charge is 0.224 e. The van der Waals surface area contributed by atoms with Gasteiger partial charge in [0.25, 0.3) is 0 Å². The molecule has 2 N–H and O–H groups in total. The Bertz CT molecular complexity index is 825. The van der Waals surface area contributed by atoms with Crippen LogP contribution in [0.15, 0.2) is 36.4 Å². The summed E-state index contributed by atoms with van der Waals surface area (Å²) in [4.78, 5) is 14.3. The minimum Gasteiger partial charge on any atom is -0.389 e. The van der Waals surface area contributed by atoms with Gasteiger partial charge >= 0.3 is 0 Å². The Morgan fingerprint density at radius 1 is 1.26 bits per heavy atom. The molecule has 0 spiro atoms. The zero-order valence-electron chi connectivity index (χ0n) is 15.6. The second-order valence-corrected chi connectivity index (χ2v) is 7.14. The first-order valence-corrected chi connectivity index (χ1v) is 9.08. The monoisotopic (exact) mass is 364 g/mol. The molecule has 140 valence electrons. The van der Waals surface area contributed by atoms with Crippen molar-refractivity contribution in [1.82, 2.24) is 15.5 Å². The van der Waals surface area contributed by atoms with Crippen molar-refractivity contribution in [2.24, 2.45) is 0 Å². The van der Waals surface area contributed by atoms with Gasteiger partial charge in [-0.15, -0.1) is 16.6 Å². The lowest BCUT2D eigenvalue weighted by atomic mass is 10.0. The summed E-state index contributed by atoms with van der Waals surface area (Å²) in [6.07, 6.45) is 4.91. The van der Waals surface area contributed by atoms with Gasteiger partial charge in [0, 0.05) is 13.1 Å². The van der Waals surface area contributed by atoms with Crippen LogP contribution in [0, 0.1) is 12.3 Å². The Morgan fingerprint density at radius 3 is 2.59 bits per heavy atom. The number of carbonyl (C=O) groups excluding carboxylic acids is 1. The fraction of sp³-hybridized carbons (Fsp3) is 0.381. The number of anilines is 1. The molecule has 6 nitrogen and oxygen atoms in total. The maximum Gasteiger partial charge on any atom is 0.224 e. The summed E-state index contributed by atoms with van der Waals surface area (Å²) in [5.41, 5.74) is 2.67. The fourth-order valence-electron chi connectivity index (χ4n) is 3.15. The van der Waals surface area contributed by atoms with Crippen LogP contribution in [0.3, 0.4) is 0 Å². The van der Waals surface area contributed by atoms with Gasteiger partial charge in [-0.3, -0.25) is 4.79 Å². The minimum absolute atomic E-state index is 0.105. The molecule has 0 bridgehead atoms. The van der Waals surface area contributed by atoms with E-state index in [1.807, 2.05) is 17.0 Å². The molecule has 1 aliphatic heterocycles. The molecular weight excluding hydrogens is 340 g/mol. The third kappa shape index (κ3) is 4.63. The van der Waals surface area contributed by atoms with E-state index in [1.165, 1.54) is 5.56 Å². The number of aliphatic hydroxyl groups is 1. The summed E-state index contributed by atoms with van der Waals surface area (Å²) >= 11 is 0. The molecule has 0 aliphatic carbocycles. The van der Waals surface area contributed by atoms with Crippen molar-refractivity contribution in [3.05, 3.63) is 53.2 Å². The SMILES string of the molecule is C#Cc1ccc(N2C[C@H](O)[C@H](NC(=O)Cc3ccc(C(C)C)cc3)C2)nn1. The molecule has 2 heterocycles. The van der Waals surface area contributed by atoms with Crippen molar-refractivity contribution in [2.45, 2.75) is 38.3 Å². The molecule has 0 unspecified atom stereocenters. The van der Waals surface area contributed by atoms with Crippen LogP contribution in [0.4, 0.5) is 5.82 Å². The molecule has 3 rings (SSSR count). The van der Waals surface area contributed by atoms with Crippen molar-refractivity contribution in [3.63, 3.8) is 0 Å². The number of hydrogen-bond donors (Lipinski definition) is 2. The van der Waals surface area contributed by atoms with E-state index in [0.717, 1.165) is 5.56 Å². The van der Waals surface area contributed by atoms with Crippen LogP contribution < -0.4 is 10.2 Å². The lowest BCUT2D eigenvalue weighted by Crippen LogP contribution is -2.43. The molecule has 0 radical (unpaired) electrons. The first-order valence-electron chi connectivity index (χ1n) is 9.08. The summed E-state index contributed by atoms with van der Waals surface area (Å²) in [7, 11) is 0. The Hall–Kier alpha value is -2.91. The van der Waals surface area contributed by atoms with Crippen LogP contribution in [0.25, 0.3) is 0 Å². The van der Waals surface area contributed by atoms with E-state index in [9.17, 15) is 9.90 Å². The van der Waals surface area contributed by atoms with Gasteiger partial charge in [0.05, 0.1) is 18.6 Å². The zero-order chi connectivity index (χ0) is 19.4. The van der Waals surface area contributed by atoms with Crippen molar-refractivity contribution < 1.29 is 9.90 Å². The molecule has 1 amide bonds. The molecule has 27 heavy (non-hydrogen) atoms. The van der Waals surface area contributed by atoms with Gasteiger partial charge in [0.1, 0.15) is 5.69 Å². The van der Waals surface area contributed by atoms with Crippen LogP contribution in [-0.2, 0) is 11.2 Å². The summed E-state index contributed by atoms with van der Waals surface area (Å²) < 4.78 is 0. The average molecular weight is 364 g/mol. The number of β-amino-alcohol motifs (C(OH)–C–C–N with tert-alkyl or cyclic N) is 1. The van der Waals surface area contributed by atoms with Crippen LogP contribution in [0.5, 0.6) is 0 Å². The highest BCUT2D eigenvalue weighted by atomic mass is 16.3. The number of carbonyl (C=O) groups is 1. The van der Waals surface area contributed by atoms with Gasteiger partial charge in [0.15, 0.2) is 5.82 Å². The lowest BCUT2D eigenvalue weighted by molar-refractivity contribution is -0.121. The number of nitrogens with zero attached hydrogens (tertiary/aromatic N) is 3. The number of hydrogen-bond acceptors (Lipinski definition) is 5. The minimum atomic E-state index is -0.661. The number of aromatic nitrogens is 2. The summed E-state index contributed by atoms with van der Waals surface area (Å²) in [6.45, 7) is 5.14. The normalized spacial score (nSPS) is 19.1. The van der Waals surface area contributed by atoms with E-state index in [4.69, 9.17) is 6.42 Å². The quantitative estimate of drug-likeness (QED) is 0.786. The highest BCUT2D eigenvalue weighted by molar-refractivity contribution is 5.79. The number of benzene rings is 1. The summed E-state index contributed by atoms with van der Waals surface area (Å²) in [5.74, 6) is 3.41. The molecule has 2 atom stereocenters. The first-order chi connectivity index (χ1) is 13.0. The molecule has 2 aromatic rings. The standard InChI is InChI=1S/C21H24N4O2/c1-4-17-9-10-20(24-23-17)25-12-18(19(26)13-25)22-21(27)11-15-5-7-16(8-6-15)14(2)3/h1,5-10,14,18-19,26H,11-13H2,2-3H3,(H,22,27)/t18-,19+/m1/s1. The topological polar surface area (TPSA) is 78.4 Å². The van der Waals surface area contributed by atoms with Crippen LogP contribution in [-0.4, -0.2) is 46.4 Å². The largest absolute Gasteiger partial charge is 0.389 e. The molecule has 1 fully saturated rings. The predicted molar refractivity (Wildman–Crippen MR) is 104 cm³/mol. The molecule has 6 heteroatoms. The van der Waals surface area contributed by atoms with Crippen molar-refractivity contribution in [1.29, 1.82) is 0 Å². The van der Waals surface area contributed by atoms with Crippen LogP contribution >= 0.6 is 0 Å². The molecule has 1 saturated heterocycles. The van der Waals surface area contributed by atoms with Crippen LogP contribution in [0.2, 0.25) is 0 Å². The molecule has 0 saturated carbocycles. The number of terminal acetylenes is 1. The van der Waals surface area contributed by atoms with Crippen molar-refractivity contribution >= 4 is 11.7 Å². The number of rotatable bonds is 5. The molecule has 1 aromatic carbocycles. The molecule has 1 aromatic heterocycles. The molecule has 1 aliphatic rings. The van der Waals surface area contributed by atoms with E-state index in [1.54, 1.807) is 12.1 Å². The second kappa shape index (κ2) is 8.19. The lowest BCUT2D eigenvalue weighted by Gasteiger charge is -2.17. The van der Waals surface area contributed by atoms with E-state index in [-0.39, 0.29) is 18.4 Å². The highest BCUT2D eigenvalue weighted by Crippen LogP contribution is 2.18. The van der Waals surface area contributed by atoms with Gasteiger partial charge in [-0.2, -0.15) is 0 Å². The number of aliphatic hydroxyl groups excluding tert-OH is 1. The third-order valence-corrected chi connectivity index (χ3v) is 4.77. The van der Waals surface area contributed by atoms with Crippen molar-refractivity contribution in [3.8, 4) is 12.3 Å². The number of amides is 1. The summed E-state index contributed by atoms with van der Waals surface area (Å²) in [5, 5.41) is 21.2. The Kier molecular flexibility index (Phi) is 5.72. The van der Waals surface area contributed by atoms with E-state index >= 15 is 0 Å². The fourth-order valence-corrected chi connectivity index (χ4v) is 3.15. The van der Waals surface area contributed by atoms with E-state index in [2.05, 4.69) is 47.4 Å².